The van der Waals surface area contributed by atoms with Crippen molar-refractivity contribution in [3.63, 3.8) is 0 Å². The molecule has 3 N–H and O–H groups in total. The lowest BCUT2D eigenvalue weighted by Gasteiger charge is -2.28. The Balaban J connectivity index is 1.67. The normalized spacial score (nSPS) is 14.0. The molecule has 1 amide bonds. The third kappa shape index (κ3) is 4.60. The van der Waals surface area contributed by atoms with E-state index in [0.717, 1.165) is 0 Å². The molecule has 0 aliphatic carbocycles. The smallest absolute Gasteiger partial charge is 0.296 e. The third-order valence-corrected chi connectivity index (χ3v) is 5.73. The first-order chi connectivity index (χ1) is 17.4. The minimum atomic E-state index is -2.86. The van der Waals surface area contributed by atoms with Gasteiger partial charge >= 0.3 is 0 Å². The average molecular weight is 497 g/mol. The van der Waals surface area contributed by atoms with E-state index in [2.05, 4.69) is 20.3 Å². The second kappa shape index (κ2) is 9.91. The van der Waals surface area contributed by atoms with Crippen molar-refractivity contribution in [3.8, 4) is 17.2 Å². The Morgan fingerprint density at radius 1 is 1.06 bits per heavy atom. The zero-order chi connectivity index (χ0) is 25.2. The molecule has 3 heterocycles. The number of anilines is 2. The summed E-state index contributed by atoms with van der Waals surface area (Å²) in [6.07, 6.45) is -2.86. The first-order valence-corrected chi connectivity index (χ1v) is 11.2. The summed E-state index contributed by atoms with van der Waals surface area (Å²) in [5.41, 5.74) is 6.40. The van der Waals surface area contributed by atoms with Gasteiger partial charge < -0.3 is 20.7 Å². The number of imidazole rings is 1. The van der Waals surface area contributed by atoms with E-state index in [4.69, 9.17) is 10.5 Å². The van der Waals surface area contributed by atoms with E-state index >= 15 is 0 Å². The van der Waals surface area contributed by atoms with E-state index in [0.29, 0.717) is 48.7 Å². The van der Waals surface area contributed by atoms with Crippen LogP contribution in [-0.2, 0) is 9.53 Å². The third-order valence-electron chi connectivity index (χ3n) is 5.73. The maximum atomic E-state index is 14.8. The second-order valence-corrected chi connectivity index (χ2v) is 8.05. The molecule has 1 aliphatic heterocycles. The molecular weight excluding hydrogens is 475 g/mol. The highest BCUT2D eigenvalue weighted by Gasteiger charge is 2.23. The van der Waals surface area contributed by atoms with Gasteiger partial charge in [-0.15, -0.1) is 0 Å². The number of para-hydroxylation sites is 2. The Hall–Kier alpha value is -4.03. The maximum Gasteiger partial charge on any atom is 0.296 e. The lowest BCUT2D eigenvalue weighted by molar-refractivity contribution is -0.114. The largest absolute Gasteiger partial charge is 0.378 e. The summed E-state index contributed by atoms with van der Waals surface area (Å²) in [4.78, 5) is 26.8. The van der Waals surface area contributed by atoms with Crippen molar-refractivity contribution in [3.05, 3.63) is 60.2 Å². The van der Waals surface area contributed by atoms with Crippen LogP contribution in [0, 0.1) is 5.82 Å². The van der Waals surface area contributed by atoms with Crippen LogP contribution in [0.4, 0.5) is 24.7 Å². The Morgan fingerprint density at radius 2 is 1.81 bits per heavy atom. The number of nitrogens with zero attached hydrogens (tertiary/aromatic N) is 5. The van der Waals surface area contributed by atoms with Gasteiger partial charge in [-0.05, 0) is 30.3 Å². The van der Waals surface area contributed by atoms with Gasteiger partial charge in [-0.25, -0.2) is 28.1 Å². The SMILES string of the molecule is NCC(=O)Nc1ccc(-c2nc(N3CCOCC3)cc(-n3c(C(F)F)nc4ccccc43)n2)cc1F. The highest BCUT2D eigenvalue weighted by Crippen LogP contribution is 2.31. The van der Waals surface area contributed by atoms with E-state index in [1.54, 1.807) is 30.3 Å². The van der Waals surface area contributed by atoms with Crippen molar-refractivity contribution >= 4 is 28.4 Å². The average Bonchev–Trinajstić information content (AvgIpc) is 3.30. The highest BCUT2D eigenvalue weighted by atomic mass is 19.3. The number of carbonyl (C=O) groups excluding carboxylic acids is 1. The summed E-state index contributed by atoms with van der Waals surface area (Å²) < 4.78 is 49.5. The summed E-state index contributed by atoms with van der Waals surface area (Å²) in [5, 5.41) is 2.38. The van der Waals surface area contributed by atoms with Crippen molar-refractivity contribution in [1.82, 2.24) is 19.5 Å². The summed E-state index contributed by atoms with van der Waals surface area (Å²) in [6, 6.07) is 12.5. The highest BCUT2D eigenvalue weighted by molar-refractivity contribution is 5.92. The minimum absolute atomic E-state index is 0.0423. The van der Waals surface area contributed by atoms with Crippen molar-refractivity contribution in [2.45, 2.75) is 6.43 Å². The quantitative estimate of drug-likeness (QED) is 0.421. The van der Waals surface area contributed by atoms with E-state index in [1.165, 1.54) is 22.8 Å². The number of morpholine rings is 1. The van der Waals surface area contributed by atoms with Gasteiger partial charge in [0.1, 0.15) is 17.5 Å². The number of halogens is 3. The van der Waals surface area contributed by atoms with Gasteiger partial charge in [-0.1, -0.05) is 12.1 Å². The van der Waals surface area contributed by atoms with Crippen molar-refractivity contribution in [2.75, 3.05) is 43.1 Å². The molecule has 0 radical (unpaired) electrons. The maximum absolute atomic E-state index is 14.8. The van der Waals surface area contributed by atoms with Crippen LogP contribution in [-0.4, -0.2) is 58.3 Å². The number of benzene rings is 2. The minimum Gasteiger partial charge on any atom is -0.378 e. The number of fused-ring (bicyclic) bond motifs is 1. The molecular formula is C24H22F3N7O2. The number of ether oxygens (including phenoxy) is 1. The van der Waals surface area contributed by atoms with Gasteiger partial charge in [0.2, 0.25) is 5.91 Å². The molecule has 1 saturated heterocycles. The fraction of sp³-hybridized carbons (Fsp3) is 0.250. The molecule has 4 aromatic rings. The fourth-order valence-corrected chi connectivity index (χ4v) is 4.01. The zero-order valence-corrected chi connectivity index (χ0v) is 19.0. The van der Waals surface area contributed by atoms with Crippen LogP contribution < -0.4 is 16.0 Å². The first-order valence-electron chi connectivity index (χ1n) is 11.2. The van der Waals surface area contributed by atoms with Gasteiger partial charge in [0.25, 0.3) is 6.43 Å². The Labute approximate surface area is 203 Å². The van der Waals surface area contributed by atoms with Gasteiger partial charge in [-0.3, -0.25) is 9.36 Å². The van der Waals surface area contributed by atoms with E-state index in [-0.39, 0.29) is 23.9 Å². The van der Waals surface area contributed by atoms with Crippen LogP contribution in [0.2, 0.25) is 0 Å². The fourth-order valence-electron chi connectivity index (χ4n) is 4.01. The van der Waals surface area contributed by atoms with Gasteiger partial charge in [-0.2, -0.15) is 0 Å². The van der Waals surface area contributed by atoms with Gasteiger partial charge in [0, 0.05) is 24.7 Å². The molecule has 186 valence electrons. The molecule has 1 aliphatic rings. The van der Waals surface area contributed by atoms with Crippen molar-refractivity contribution < 1.29 is 22.7 Å². The molecule has 0 saturated carbocycles. The molecule has 12 heteroatoms. The van der Waals surface area contributed by atoms with E-state index in [1.807, 2.05) is 4.90 Å². The van der Waals surface area contributed by atoms with Crippen molar-refractivity contribution in [1.29, 1.82) is 0 Å². The number of carbonyl (C=O) groups is 1. The van der Waals surface area contributed by atoms with Crippen LogP contribution in [0.3, 0.4) is 0 Å². The standard InChI is InChI=1S/C24H22F3N7O2/c25-15-11-14(5-6-16(15)29-21(35)13-28)23-31-19(33-7-9-36-10-8-33)12-20(32-23)34-18-4-2-1-3-17(18)30-24(34)22(26)27/h1-6,11-12,22H,7-10,13,28H2,(H,29,35). The number of rotatable bonds is 6. The topological polar surface area (TPSA) is 111 Å². The van der Waals surface area contributed by atoms with Crippen molar-refractivity contribution in [2.24, 2.45) is 5.73 Å². The summed E-state index contributed by atoms with van der Waals surface area (Å²) >= 11 is 0. The monoisotopic (exact) mass is 497 g/mol. The Morgan fingerprint density at radius 3 is 2.53 bits per heavy atom. The predicted octanol–water partition coefficient (Wildman–Crippen LogP) is 3.29. The molecule has 2 aromatic carbocycles. The van der Waals surface area contributed by atoms with Crippen LogP contribution in [0.5, 0.6) is 0 Å². The molecule has 5 rings (SSSR count). The molecule has 36 heavy (non-hydrogen) atoms. The van der Waals surface area contributed by atoms with E-state index in [9.17, 15) is 18.0 Å². The molecule has 0 atom stereocenters. The van der Waals surface area contributed by atoms with E-state index < -0.39 is 24.0 Å². The number of nitrogens with two attached hydrogens (primary N) is 1. The van der Waals surface area contributed by atoms with Crippen LogP contribution >= 0.6 is 0 Å². The second-order valence-electron chi connectivity index (χ2n) is 8.05. The summed E-state index contributed by atoms with van der Waals surface area (Å²) in [5.74, 6) is -0.926. The number of hydrogen-bond donors (Lipinski definition) is 2. The van der Waals surface area contributed by atoms with Crippen LogP contribution in [0.1, 0.15) is 12.2 Å². The predicted molar refractivity (Wildman–Crippen MR) is 128 cm³/mol. The zero-order valence-electron chi connectivity index (χ0n) is 19.0. The summed E-state index contributed by atoms with van der Waals surface area (Å²) in [7, 11) is 0. The van der Waals surface area contributed by atoms with Crippen LogP contribution in [0.15, 0.2) is 48.5 Å². The van der Waals surface area contributed by atoms with Gasteiger partial charge in [0.15, 0.2) is 11.6 Å². The molecule has 0 unspecified atom stereocenters. The number of amides is 1. The summed E-state index contributed by atoms with van der Waals surface area (Å²) in [6.45, 7) is 1.76. The molecule has 0 bridgehead atoms. The lowest BCUT2D eigenvalue weighted by atomic mass is 10.1. The van der Waals surface area contributed by atoms with Crippen LogP contribution in [0.25, 0.3) is 28.2 Å². The Kier molecular flexibility index (Phi) is 6.53. The Bertz CT molecular complexity index is 1420. The van der Waals surface area contributed by atoms with Gasteiger partial charge in [0.05, 0.1) is 36.5 Å². The number of hydrogen-bond acceptors (Lipinski definition) is 7. The number of alkyl halides is 2. The molecule has 1 fully saturated rings. The number of nitrogens with one attached hydrogen (secondary N) is 1. The molecule has 9 nitrogen and oxygen atoms in total. The molecule has 0 spiro atoms. The number of aromatic nitrogens is 4. The molecule has 2 aromatic heterocycles. The first kappa shape index (κ1) is 23.7. The lowest BCUT2D eigenvalue weighted by Crippen LogP contribution is -2.37.